The molecule has 2 aliphatic rings. The normalized spacial score (nSPS) is 32.9. The van der Waals surface area contributed by atoms with Gasteiger partial charge >= 0.3 is 0 Å². The molecule has 0 radical (unpaired) electrons. The van der Waals surface area contributed by atoms with Crippen molar-refractivity contribution in [3.05, 3.63) is 22.7 Å². The van der Waals surface area contributed by atoms with Crippen LogP contribution in [0, 0.1) is 0 Å². The second-order valence-electron chi connectivity index (χ2n) is 6.62. The molecule has 0 bridgehead atoms. The summed E-state index contributed by atoms with van der Waals surface area (Å²) in [7, 11) is 0. The van der Waals surface area contributed by atoms with Crippen LogP contribution in [0.2, 0.25) is 0 Å². The number of hydrogen-bond acceptors (Lipinski definition) is 5. The van der Waals surface area contributed by atoms with Crippen LogP contribution in [-0.2, 0) is 4.74 Å². The van der Waals surface area contributed by atoms with Crippen LogP contribution in [0.3, 0.4) is 0 Å². The molecule has 3 atom stereocenters. The summed E-state index contributed by atoms with van der Waals surface area (Å²) < 4.78 is 5.81. The van der Waals surface area contributed by atoms with Gasteiger partial charge < -0.3 is 19.9 Å². The molecular weight excluding hydrogens is 280 g/mol. The number of ether oxygens (including phenoxy) is 1. The van der Waals surface area contributed by atoms with Crippen molar-refractivity contribution in [2.24, 2.45) is 0 Å². The minimum absolute atomic E-state index is 0.100. The van der Waals surface area contributed by atoms with Gasteiger partial charge in [0.2, 0.25) is 0 Å². The Morgan fingerprint density at radius 1 is 1.32 bits per heavy atom. The fraction of sp³-hybridized carbons (Fsp3) is 0.750. The first-order valence-corrected chi connectivity index (χ1v) is 8.32. The van der Waals surface area contributed by atoms with Gasteiger partial charge in [0.1, 0.15) is 0 Å². The van der Waals surface area contributed by atoms with Gasteiger partial charge in [-0.3, -0.25) is 4.79 Å². The summed E-state index contributed by atoms with van der Waals surface area (Å²) in [4.78, 5) is 21.0. The number of aromatic nitrogens is 2. The van der Waals surface area contributed by atoms with E-state index in [2.05, 4.69) is 34.0 Å². The number of nitrogens with zero attached hydrogens (tertiary/aromatic N) is 2. The van der Waals surface area contributed by atoms with Gasteiger partial charge in [-0.2, -0.15) is 0 Å². The lowest BCUT2D eigenvalue weighted by molar-refractivity contribution is -0.0437. The smallest absolute Gasteiger partial charge is 0.290 e. The van der Waals surface area contributed by atoms with E-state index in [-0.39, 0.29) is 5.56 Å². The molecule has 0 aromatic carbocycles. The lowest BCUT2D eigenvalue weighted by atomic mass is 9.97. The number of anilines is 1. The third-order valence-electron chi connectivity index (χ3n) is 4.58. The Labute approximate surface area is 131 Å². The molecule has 6 nitrogen and oxygen atoms in total. The Balaban J connectivity index is 1.61. The molecule has 3 rings (SSSR count). The molecule has 22 heavy (non-hydrogen) atoms. The van der Waals surface area contributed by atoms with Crippen LogP contribution in [0.25, 0.3) is 0 Å². The van der Waals surface area contributed by atoms with Crippen molar-refractivity contribution in [1.29, 1.82) is 0 Å². The van der Waals surface area contributed by atoms with Gasteiger partial charge in [-0.05, 0) is 39.5 Å². The Bertz CT molecular complexity index is 537. The van der Waals surface area contributed by atoms with Gasteiger partial charge in [0, 0.05) is 37.6 Å². The van der Waals surface area contributed by atoms with Crippen LogP contribution in [-0.4, -0.2) is 47.3 Å². The van der Waals surface area contributed by atoms with Crippen molar-refractivity contribution in [3.8, 4) is 0 Å². The van der Waals surface area contributed by atoms with E-state index >= 15 is 0 Å². The van der Waals surface area contributed by atoms with Crippen LogP contribution in [0.5, 0.6) is 0 Å². The highest BCUT2D eigenvalue weighted by atomic mass is 16.5. The third kappa shape index (κ3) is 3.67. The van der Waals surface area contributed by atoms with E-state index in [0.29, 0.717) is 30.1 Å². The van der Waals surface area contributed by atoms with Gasteiger partial charge in [-0.25, -0.2) is 4.98 Å². The molecule has 6 heteroatoms. The zero-order valence-electron chi connectivity index (χ0n) is 13.4. The Morgan fingerprint density at radius 3 is 2.82 bits per heavy atom. The lowest BCUT2D eigenvalue weighted by Gasteiger charge is -2.39. The van der Waals surface area contributed by atoms with Gasteiger partial charge in [-0.15, -0.1) is 0 Å². The highest BCUT2D eigenvalue weighted by Gasteiger charge is 2.29. The molecule has 122 valence electrons. The number of H-pyrrole nitrogens is 1. The quantitative estimate of drug-likeness (QED) is 0.880. The van der Waals surface area contributed by atoms with Crippen LogP contribution in [0.15, 0.2) is 17.2 Å². The highest BCUT2D eigenvalue weighted by molar-refractivity contribution is 5.36. The monoisotopic (exact) mass is 306 g/mol. The van der Waals surface area contributed by atoms with E-state index in [0.717, 1.165) is 38.8 Å². The predicted octanol–water partition coefficient (Wildman–Crippen LogP) is 1.28. The van der Waals surface area contributed by atoms with Crippen LogP contribution < -0.4 is 15.8 Å². The maximum Gasteiger partial charge on any atom is 0.290 e. The molecule has 3 heterocycles. The summed E-state index contributed by atoms with van der Waals surface area (Å²) >= 11 is 0. The Hall–Kier alpha value is -1.40. The van der Waals surface area contributed by atoms with Crippen LogP contribution in [0.4, 0.5) is 5.82 Å². The lowest BCUT2D eigenvalue weighted by Crippen LogP contribution is -2.52. The van der Waals surface area contributed by atoms with Crippen molar-refractivity contribution in [3.63, 3.8) is 0 Å². The first-order chi connectivity index (χ1) is 10.6. The first kappa shape index (κ1) is 15.5. The highest BCUT2D eigenvalue weighted by Crippen LogP contribution is 2.21. The maximum absolute atomic E-state index is 11.9. The zero-order valence-corrected chi connectivity index (χ0v) is 13.4. The summed E-state index contributed by atoms with van der Waals surface area (Å²) in [5.41, 5.74) is -0.100. The van der Waals surface area contributed by atoms with E-state index in [1.165, 1.54) is 0 Å². The molecule has 0 amide bonds. The Kier molecular flexibility index (Phi) is 4.78. The predicted molar refractivity (Wildman–Crippen MR) is 86.3 cm³/mol. The van der Waals surface area contributed by atoms with Gasteiger partial charge in [0.15, 0.2) is 5.82 Å². The maximum atomic E-state index is 11.9. The van der Waals surface area contributed by atoms with E-state index in [1.807, 2.05) is 0 Å². The third-order valence-corrected chi connectivity index (χ3v) is 4.58. The van der Waals surface area contributed by atoms with Crippen molar-refractivity contribution >= 4 is 5.82 Å². The van der Waals surface area contributed by atoms with Gasteiger partial charge in [0.05, 0.1) is 12.2 Å². The molecular formula is C16H26N4O2. The standard InChI is InChI=1S/C16H26N4O2/c1-11-8-14(9-12(2)22-11)19-13-4-3-7-20(10-13)15-16(21)18-6-5-17-15/h5-6,11-14,19H,3-4,7-10H2,1-2H3,(H,18,21)/t11-,12-,13-/m1/s1. The number of aromatic amines is 1. The summed E-state index contributed by atoms with van der Waals surface area (Å²) in [6, 6.07) is 0.920. The average Bonchev–Trinajstić information content (AvgIpc) is 2.47. The molecule has 2 fully saturated rings. The second-order valence-corrected chi connectivity index (χ2v) is 6.62. The van der Waals surface area contributed by atoms with Crippen molar-refractivity contribution in [2.75, 3.05) is 18.0 Å². The SMILES string of the molecule is C[C@@H]1CC(N[C@@H]2CCCN(c3ncc[nH]c3=O)C2)C[C@@H](C)O1. The summed E-state index contributed by atoms with van der Waals surface area (Å²) in [6.45, 7) is 6.04. The largest absolute Gasteiger partial charge is 0.375 e. The first-order valence-electron chi connectivity index (χ1n) is 8.32. The van der Waals surface area contributed by atoms with E-state index in [4.69, 9.17) is 4.74 Å². The molecule has 0 unspecified atom stereocenters. The molecule has 2 saturated heterocycles. The fourth-order valence-corrected chi connectivity index (χ4v) is 3.75. The number of piperidine rings is 1. The number of nitrogens with one attached hydrogen (secondary N) is 2. The summed E-state index contributed by atoms with van der Waals surface area (Å²) in [5, 5.41) is 3.78. The second kappa shape index (κ2) is 6.79. The molecule has 1 aromatic rings. The minimum Gasteiger partial charge on any atom is -0.375 e. The van der Waals surface area contributed by atoms with Crippen molar-refractivity contribution in [2.45, 2.75) is 63.8 Å². The molecule has 2 aliphatic heterocycles. The molecule has 0 saturated carbocycles. The summed E-state index contributed by atoms with van der Waals surface area (Å²) in [6.07, 6.45) is 8.23. The van der Waals surface area contributed by atoms with Crippen molar-refractivity contribution in [1.82, 2.24) is 15.3 Å². The molecule has 0 spiro atoms. The average molecular weight is 306 g/mol. The van der Waals surface area contributed by atoms with Crippen LogP contribution >= 0.6 is 0 Å². The topological polar surface area (TPSA) is 70.2 Å². The number of rotatable bonds is 3. The van der Waals surface area contributed by atoms with Crippen molar-refractivity contribution < 1.29 is 4.74 Å². The fourth-order valence-electron chi connectivity index (χ4n) is 3.75. The molecule has 1 aromatic heterocycles. The molecule has 2 N–H and O–H groups in total. The number of hydrogen-bond donors (Lipinski definition) is 2. The molecule has 0 aliphatic carbocycles. The van der Waals surface area contributed by atoms with E-state index in [1.54, 1.807) is 12.4 Å². The van der Waals surface area contributed by atoms with E-state index < -0.39 is 0 Å². The van der Waals surface area contributed by atoms with Gasteiger partial charge in [-0.1, -0.05) is 0 Å². The van der Waals surface area contributed by atoms with Crippen LogP contribution in [0.1, 0.15) is 39.5 Å². The minimum atomic E-state index is -0.100. The Morgan fingerprint density at radius 2 is 2.09 bits per heavy atom. The summed E-state index contributed by atoms with van der Waals surface area (Å²) in [5.74, 6) is 0.544. The van der Waals surface area contributed by atoms with E-state index in [9.17, 15) is 4.79 Å². The zero-order chi connectivity index (χ0) is 15.5. The van der Waals surface area contributed by atoms with Gasteiger partial charge in [0.25, 0.3) is 5.56 Å².